The van der Waals surface area contributed by atoms with Crippen LogP contribution in [0.3, 0.4) is 0 Å². The average Bonchev–Trinajstić information content (AvgIpc) is 3.19. The molecule has 1 aromatic heterocycles. The summed E-state index contributed by atoms with van der Waals surface area (Å²) in [6.45, 7) is 5.76. The number of carbonyl (C=O) groups is 2. The van der Waals surface area contributed by atoms with Gasteiger partial charge in [-0.2, -0.15) is 0 Å². The number of aliphatic imine (C=N–C) groups is 2. The van der Waals surface area contributed by atoms with Gasteiger partial charge in [-0.3, -0.25) is 14.6 Å². The topological polar surface area (TPSA) is 88.3 Å². The molecule has 0 saturated heterocycles. The van der Waals surface area contributed by atoms with Gasteiger partial charge in [0.25, 0.3) is 0 Å². The summed E-state index contributed by atoms with van der Waals surface area (Å²) < 4.78 is 5.92. The molecule has 0 amide bonds. The Balaban J connectivity index is 1.67. The smallest absolute Gasteiger partial charge is 0.220 e. The number of ketones is 2. The lowest BCUT2D eigenvalue weighted by atomic mass is 9.87. The average molecular weight is 560 g/mol. The van der Waals surface area contributed by atoms with Crippen LogP contribution in [-0.4, -0.2) is 42.8 Å². The Morgan fingerprint density at radius 2 is 2.22 bits per heavy atom. The fourth-order valence-corrected chi connectivity index (χ4v) is 5.23. The van der Waals surface area contributed by atoms with E-state index in [1.165, 1.54) is 17.4 Å². The van der Waals surface area contributed by atoms with Crippen molar-refractivity contribution in [2.75, 3.05) is 13.7 Å². The van der Waals surface area contributed by atoms with Gasteiger partial charge in [-0.1, -0.05) is 47.5 Å². The maximum atomic E-state index is 13.2. The molecule has 1 aromatic rings. The van der Waals surface area contributed by atoms with Crippen LogP contribution in [0, 0.1) is 5.92 Å². The zero-order chi connectivity index (χ0) is 26.9. The SMILES string of the molecule is C=C(/C=N\C)C(=C=C/C=C/C[C@H](O)c1cc(Cl)c(Cl)s1)CCC1C=NC2=C(C/C(C)=C/C(=O)CO2)C1=O. The first kappa shape index (κ1) is 28.8. The maximum absolute atomic E-state index is 13.2. The molecule has 0 spiro atoms. The van der Waals surface area contributed by atoms with E-state index in [2.05, 4.69) is 22.3 Å². The lowest BCUT2D eigenvalue weighted by Crippen LogP contribution is -2.25. The molecule has 2 aliphatic heterocycles. The fraction of sp³-hybridized carbons (Fsp3) is 0.321. The Kier molecular flexibility index (Phi) is 10.6. The third-order valence-corrected chi connectivity index (χ3v) is 7.66. The van der Waals surface area contributed by atoms with Gasteiger partial charge in [0.05, 0.1) is 22.6 Å². The lowest BCUT2D eigenvalue weighted by Gasteiger charge is -2.22. The number of aliphatic hydroxyl groups excluding tert-OH is 1. The van der Waals surface area contributed by atoms with Crippen LogP contribution < -0.4 is 0 Å². The standard InChI is InChI=1S/C28H28Cl2N2O4S/c1-17-11-21(33)16-36-28-22(12-17)26(35)20(15-32-28)10-9-19(18(2)14-31-3)7-5-4-6-8-24(34)25-13-23(29)27(30)37-25/h4-6,11,13-15,20,24,34H,2,8-10,12,16H2,1,3H3/b6-4+,17-11+,31-14-/t7?,20?,24-/m0/s1. The zero-order valence-electron chi connectivity index (χ0n) is 20.7. The van der Waals surface area contributed by atoms with Crippen molar-refractivity contribution in [1.29, 1.82) is 0 Å². The van der Waals surface area contributed by atoms with Crippen molar-refractivity contribution >= 4 is 58.5 Å². The van der Waals surface area contributed by atoms with Crippen LogP contribution in [0.15, 0.2) is 80.8 Å². The Bertz CT molecular complexity index is 1270. The van der Waals surface area contributed by atoms with E-state index in [1.54, 1.807) is 37.7 Å². The Morgan fingerprint density at radius 1 is 1.43 bits per heavy atom. The minimum Gasteiger partial charge on any atom is -0.469 e. The van der Waals surface area contributed by atoms with Gasteiger partial charge in [0, 0.05) is 36.3 Å². The third kappa shape index (κ3) is 8.09. The number of carbonyl (C=O) groups excluding carboxylic acids is 2. The van der Waals surface area contributed by atoms with Crippen molar-refractivity contribution in [3.8, 4) is 0 Å². The molecular weight excluding hydrogens is 531 g/mol. The van der Waals surface area contributed by atoms with Gasteiger partial charge in [-0.25, -0.2) is 4.99 Å². The number of hydrogen-bond donors (Lipinski definition) is 1. The highest BCUT2D eigenvalue weighted by molar-refractivity contribution is 7.17. The second kappa shape index (κ2) is 13.7. The molecule has 194 valence electrons. The summed E-state index contributed by atoms with van der Waals surface area (Å²) in [5.41, 5.74) is 6.04. The maximum Gasteiger partial charge on any atom is 0.220 e. The van der Waals surface area contributed by atoms with Crippen LogP contribution in [0.1, 0.15) is 43.6 Å². The fourth-order valence-electron chi connectivity index (χ4n) is 3.84. The summed E-state index contributed by atoms with van der Waals surface area (Å²) in [5.74, 6) is -0.369. The van der Waals surface area contributed by atoms with Gasteiger partial charge in [-0.15, -0.1) is 17.1 Å². The van der Waals surface area contributed by atoms with Gasteiger partial charge < -0.3 is 9.84 Å². The first-order chi connectivity index (χ1) is 17.7. The van der Waals surface area contributed by atoms with Crippen LogP contribution in [0.5, 0.6) is 0 Å². The molecule has 2 atom stereocenters. The van der Waals surface area contributed by atoms with Gasteiger partial charge in [-0.05, 0) is 50.0 Å². The normalized spacial score (nSPS) is 20.1. The van der Waals surface area contributed by atoms with E-state index in [1.807, 2.05) is 13.0 Å². The summed E-state index contributed by atoms with van der Waals surface area (Å²) >= 11 is 13.2. The molecular formula is C28H28Cl2N2O4S. The van der Waals surface area contributed by atoms with Crippen molar-refractivity contribution in [2.45, 2.75) is 38.7 Å². The molecule has 37 heavy (non-hydrogen) atoms. The van der Waals surface area contributed by atoms with Crippen LogP contribution in [0.4, 0.5) is 0 Å². The summed E-state index contributed by atoms with van der Waals surface area (Å²) in [6.07, 6.45) is 11.2. The van der Waals surface area contributed by atoms with E-state index in [9.17, 15) is 14.7 Å². The number of rotatable bonds is 9. The zero-order valence-corrected chi connectivity index (χ0v) is 23.0. The van der Waals surface area contributed by atoms with Gasteiger partial charge in [0.2, 0.25) is 5.88 Å². The first-order valence-corrected chi connectivity index (χ1v) is 13.3. The summed E-state index contributed by atoms with van der Waals surface area (Å²) in [7, 11) is 1.66. The molecule has 3 rings (SSSR count). The largest absolute Gasteiger partial charge is 0.469 e. The van der Waals surface area contributed by atoms with E-state index in [4.69, 9.17) is 27.9 Å². The minimum absolute atomic E-state index is 0.0483. The number of aliphatic hydroxyl groups is 1. The molecule has 1 N–H and O–H groups in total. The summed E-state index contributed by atoms with van der Waals surface area (Å²) in [6, 6.07) is 1.67. The third-order valence-electron chi connectivity index (χ3n) is 5.70. The van der Waals surface area contributed by atoms with E-state index < -0.39 is 12.0 Å². The van der Waals surface area contributed by atoms with Crippen molar-refractivity contribution in [3.05, 3.63) is 85.1 Å². The predicted molar refractivity (Wildman–Crippen MR) is 151 cm³/mol. The monoisotopic (exact) mass is 558 g/mol. The molecule has 0 bridgehead atoms. The van der Waals surface area contributed by atoms with Crippen molar-refractivity contribution < 1.29 is 19.4 Å². The van der Waals surface area contributed by atoms with Crippen LogP contribution >= 0.6 is 34.5 Å². The van der Waals surface area contributed by atoms with Crippen LogP contribution in [-0.2, 0) is 14.3 Å². The molecule has 3 heterocycles. The number of hydrogen-bond acceptors (Lipinski definition) is 7. The summed E-state index contributed by atoms with van der Waals surface area (Å²) in [4.78, 5) is 34.1. The second-order valence-electron chi connectivity index (χ2n) is 8.65. The lowest BCUT2D eigenvalue weighted by molar-refractivity contribution is -0.120. The molecule has 0 radical (unpaired) electrons. The van der Waals surface area contributed by atoms with Crippen molar-refractivity contribution in [2.24, 2.45) is 15.9 Å². The number of allylic oxidation sites excluding steroid dienone is 5. The molecule has 0 fully saturated rings. The summed E-state index contributed by atoms with van der Waals surface area (Å²) in [5, 5.41) is 10.8. The van der Waals surface area contributed by atoms with E-state index in [0.717, 1.165) is 11.1 Å². The Morgan fingerprint density at radius 3 is 2.92 bits per heavy atom. The molecule has 6 nitrogen and oxygen atoms in total. The van der Waals surface area contributed by atoms with E-state index >= 15 is 0 Å². The molecule has 0 saturated carbocycles. The van der Waals surface area contributed by atoms with E-state index in [0.29, 0.717) is 51.1 Å². The number of nitrogens with zero attached hydrogens (tertiary/aromatic N) is 2. The number of Topliss-reactive ketones (excluding diaryl/α,β-unsaturated/α-hetero) is 1. The molecule has 2 aliphatic rings. The van der Waals surface area contributed by atoms with Gasteiger partial charge in [0.15, 0.2) is 18.2 Å². The number of ether oxygens (including phenoxy) is 1. The minimum atomic E-state index is -0.699. The van der Waals surface area contributed by atoms with Crippen LogP contribution in [0.25, 0.3) is 0 Å². The number of halogens is 2. The van der Waals surface area contributed by atoms with E-state index in [-0.39, 0.29) is 24.1 Å². The number of thiophene rings is 1. The van der Waals surface area contributed by atoms with Gasteiger partial charge >= 0.3 is 0 Å². The first-order valence-electron chi connectivity index (χ1n) is 11.7. The molecule has 1 unspecified atom stereocenters. The molecule has 0 aromatic carbocycles. The Labute approximate surface area is 230 Å². The van der Waals surface area contributed by atoms with Gasteiger partial charge in [0.1, 0.15) is 4.34 Å². The van der Waals surface area contributed by atoms with Crippen molar-refractivity contribution in [1.82, 2.24) is 0 Å². The Hall–Kier alpha value is -2.80. The molecule has 9 heteroatoms. The second-order valence-corrected chi connectivity index (χ2v) is 10.7. The van der Waals surface area contributed by atoms with Crippen LogP contribution in [0.2, 0.25) is 9.36 Å². The highest BCUT2D eigenvalue weighted by Crippen LogP contribution is 2.36. The molecule has 0 aliphatic carbocycles. The van der Waals surface area contributed by atoms with Crippen molar-refractivity contribution in [3.63, 3.8) is 0 Å². The highest BCUT2D eigenvalue weighted by atomic mass is 35.5. The highest BCUT2D eigenvalue weighted by Gasteiger charge is 2.29. The predicted octanol–water partition coefficient (Wildman–Crippen LogP) is 6.57. The quantitative estimate of drug-likeness (QED) is 0.211.